The molecule has 1 aromatic heterocycles. The first-order valence-corrected chi connectivity index (χ1v) is 6.71. The van der Waals surface area contributed by atoms with E-state index in [2.05, 4.69) is 30.4 Å². The van der Waals surface area contributed by atoms with Gasteiger partial charge in [-0.3, -0.25) is 0 Å². The van der Waals surface area contributed by atoms with Gasteiger partial charge in [0.05, 0.1) is 6.61 Å². The minimum Gasteiger partial charge on any atom is -0.461 e. The molecule has 0 bridgehead atoms. The normalized spacial score (nSPS) is 12.2. The molecule has 22 heavy (non-hydrogen) atoms. The van der Waals surface area contributed by atoms with Crippen LogP contribution in [0.15, 0.2) is 6.07 Å². The second-order valence-electron chi connectivity index (χ2n) is 3.75. The SMILES string of the molecule is CCOC(=O)c1nc(OC(F)(F)F)c(C(F)(F)F)cc1CBr. The average Bonchev–Trinajstić information content (AvgIpc) is 2.35. The van der Waals surface area contributed by atoms with Crippen LogP contribution in [0.1, 0.15) is 28.5 Å². The Morgan fingerprint density at radius 1 is 1.27 bits per heavy atom. The highest BCUT2D eigenvalue weighted by Crippen LogP contribution is 2.38. The molecule has 1 rings (SSSR count). The van der Waals surface area contributed by atoms with E-state index in [1.807, 2.05) is 0 Å². The number of halogens is 7. The van der Waals surface area contributed by atoms with Crippen LogP contribution in [0.5, 0.6) is 5.88 Å². The highest BCUT2D eigenvalue weighted by Gasteiger charge is 2.41. The monoisotopic (exact) mass is 395 g/mol. The Labute approximate surface area is 128 Å². The van der Waals surface area contributed by atoms with Gasteiger partial charge in [-0.1, -0.05) is 15.9 Å². The van der Waals surface area contributed by atoms with E-state index in [1.54, 1.807) is 0 Å². The van der Waals surface area contributed by atoms with E-state index in [9.17, 15) is 31.1 Å². The standard InChI is InChI=1S/C11H8BrF6NO3/c1-2-21-9(20)7-5(4-12)3-6(10(13,14)15)8(19-7)22-11(16,17)18/h3H,2,4H2,1H3. The molecule has 11 heteroatoms. The first-order valence-electron chi connectivity index (χ1n) is 5.59. The Morgan fingerprint density at radius 3 is 2.27 bits per heavy atom. The predicted molar refractivity (Wildman–Crippen MR) is 64.5 cm³/mol. The second kappa shape index (κ2) is 6.71. The summed E-state index contributed by atoms with van der Waals surface area (Å²) in [5.74, 6) is -2.91. The molecule has 0 saturated carbocycles. The van der Waals surface area contributed by atoms with Crippen LogP contribution in [0.25, 0.3) is 0 Å². The Balaban J connectivity index is 3.49. The fourth-order valence-corrected chi connectivity index (χ4v) is 1.83. The molecule has 1 aromatic rings. The number of esters is 1. The topological polar surface area (TPSA) is 48.4 Å². The van der Waals surface area contributed by atoms with Crippen molar-refractivity contribution in [1.82, 2.24) is 4.98 Å². The Hall–Kier alpha value is -1.52. The van der Waals surface area contributed by atoms with Gasteiger partial charge in [0.1, 0.15) is 5.56 Å². The maximum atomic E-state index is 12.8. The molecule has 0 spiro atoms. The number of carbonyl (C=O) groups excluding carboxylic acids is 1. The first kappa shape index (κ1) is 18.5. The summed E-state index contributed by atoms with van der Waals surface area (Å²) >= 11 is 2.84. The van der Waals surface area contributed by atoms with Crippen LogP contribution in [0.2, 0.25) is 0 Å². The molecule has 0 aliphatic carbocycles. The van der Waals surface area contributed by atoms with E-state index < -0.39 is 35.6 Å². The number of rotatable bonds is 4. The van der Waals surface area contributed by atoms with Crippen LogP contribution in [0.4, 0.5) is 26.3 Å². The summed E-state index contributed by atoms with van der Waals surface area (Å²) in [6.07, 6.45) is -10.5. The zero-order valence-corrected chi connectivity index (χ0v) is 12.4. The van der Waals surface area contributed by atoms with Crippen LogP contribution in [-0.2, 0) is 16.2 Å². The molecule has 0 aliphatic heterocycles. The zero-order chi connectivity index (χ0) is 17.1. The van der Waals surface area contributed by atoms with Crippen molar-refractivity contribution in [3.63, 3.8) is 0 Å². The molecule has 0 unspecified atom stereocenters. The van der Waals surface area contributed by atoms with E-state index in [4.69, 9.17) is 0 Å². The van der Waals surface area contributed by atoms with Crippen LogP contribution >= 0.6 is 15.9 Å². The summed E-state index contributed by atoms with van der Waals surface area (Å²) in [6, 6.07) is 0.356. The van der Waals surface area contributed by atoms with Crippen LogP contribution < -0.4 is 4.74 Å². The minimum atomic E-state index is -5.39. The van der Waals surface area contributed by atoms with Crippen LogP contribution in [0, 0.1) is 0 Å². The van der Waals surface area contributed by atoms with E-state index >= 15 is 0 Å². The third kappa shape index (κ3) is 4.75. The molecule has 1 heterocycles. The van der Waals surface area contributed by atoms with Gasteiger partial charge in [-0.15, -0.1) is 13.2 Å². The lowest BCUT2D eigenvalue weighted by atomic mass is 10.1. The van der Waals surface area contributed by atoms with Gasteiger partial charge in [-0.05, 0) is 18.6 Å². The molecule has 0 N–H and O–H groups in total. The van der Waals surface area contributed by atoms with Gasteiger partial charge >= 0.3 is 18.5 Å². The van der Waals surface area contributed by atoms with Crippen LogP contribution in [-0.4, -0.2) is 23.9 Å². The van der Waals surface area contributed by atoms with Crippen molar-refractivity contribution in [2.24, 2.45) is 0 Å². The van der Waals surface area contributed by atoms with Crippen molar-refractivity contribution in [1.29, 1.82) is 0 Å². The van der Waals surface area contributed by atoms with E-state index in [-0.39, 0.29) is 17.5 Å². The number of hydrogen-bond acceptors (Lipinski definition) is 4. The number of pyridine rings is 1. The molecule has 124 valence electrons. The van der Waals surface area contributed by atoms with E-state index in [1.165, 1.54) is 6.92 Å². The molecule has 0 aliphatic rings. The predicted octanol–water partition coefficient (Wildman–Crippen LogP) is 4.07. The Morgan fingerprint density at radius 2 is 1.86 bits per heavy atom. The van der Waals surface area contributed by atoms with Gasteiger partial charge in [-0.2, -0.15) is 13.2 Å². The number of aromatic nitrogens is 1. The van der Waals surface area contributed by atoms with Gasteiger partial charge < -0.3 is 9.47 Å². The maximum absolute atomic E-state index is 12.8. The quantitative estimate of drug-likeness (QED) is 0.438. The molecule has 0 radical (unpaired) electrons. The fraction of sp³-hybridized carbons (Fsp3) is 0.455. The summed E-state index contributed by atoms with van der Waals surface area (Å²) < 4.78 is 82.9. The third-order valence-corrected chi connectivity index (χ3v) is 2.80. The van der Waals surface area contributed by atoms with Crippen molar-refractivity contribution in [2.45, 2.75) is 24.8 Å². The number of nitrogens with zero attached hydrogens (tertiary/aromatic N) is 1. The number of ether oxygens (including phenoxy) is 2. The third-order valence-electron chi connectivity index (χ3n) is 2.20. The summed E-state index contributed by atoms with van der Waals surface area (Å²) in [7, 11) is 0. The zero-order valence-electron chi connectivity index (χ0n) is 10.8. The van der Waals surface area contributed by atoms with E-state index in [0.29, 0.717) is 6.07 Å². The largest absolute Gasteiger partial charge is 0.574 e. The Kier molecular flexibility index (Phi) is 5.65. The molecular weight excluding hydrogens is 388 g/mol. The van der Waals surface area contributed by atoms with Gasteiger partial charge in [-0.25, -0.2) is 9.78 Å². The summed E-state index contributed by atoms with van der Waals surface area (Å²) in [5, 5.41) is -0.247. The maximum Gasteiger partial charge on any atom is 0.574 e. The highest BCUT2D eigenvalue weighted by atomic mass is 79.9. The van der Waals surface area contributed by atoms with Crippen molar-refractivity contribution < 1.29 is 40.6 Å². The number of alkyl halides is 7. The van der Waals surface area contributed by atoms with Gasteiger partial charge in [0, 0.05) is 5.33 Å². The molecule has 0 amide bonds. The molecule has 0 fully saturated rings. The molecule has 0 atom stereocenters. The smallest absolute Gasteiger partial charge is 0.461 e. The molecular formula is C11H8BrF6NO3. The van der Waals surface area contributed by atoms with Crippen LogP contribution in [0.3, 0.4) is 0 Å². The Bertz CT molecular complexity index is 558. The molecule has 0 aromatic carbocycles. The van der Waals surface area contributed by atoms with E-state index in [0.717, 1.165) is 0 Å². The fourth-order valence-electron chi connectivity index (χ4n) is 1.41. The lowest BCUT2D eigenvalue weighted by Gasteiger charge is -2.17. The van der Waals surface area contributed by atoms with Crippen molar-refractivity contribution in [3.8, 4) is 5.88 Å². The van der Waals surface area contributed by atoms with Gasteiger partial charge in [0.15, 0.2) is 5.69 Å². The number of carbonyl (C=O) groups is 1. The van der Waals surface area contributed by atoms with Crippen molar-refractivity contribution in [2.75, 3.05) is 6.61 Å². The van der Waals surface area contributed by atoms with Crippen molar-refractivity contribution >= 4 is 21.9 Å². The highest BCUT2D eigenvalue weighted by molar-refractivity contribution is 9.08. The summed E-state index contributed by atoms with van der Waals surface area (Å²) in [6.45, 7) is 1.29. The lowest BCUT2D eigenvalue weighted by molar-refractivity contribution is -0.277. The van der Waals surface area contributed by atoms with Gasteiger partial charge in [0.2, 0.25) is 5.88 Å². The average molecular weight is 396 g/mol. The second-order valence-corrected chi connectivity index (χ2v) is 4.31. The lowest BCUT2D eigenvalue weighted by Crippen LogP contribution is -2.23. The minimum absolute atomic E-state index is 0.126. The number of hydrogen-bond donors (Lipinski definition) is 0. The van der Waals surface area contributed by atoms with Crippen molar-refractivity contribution in [3.05, 3.63) is 22.9 Å². The molecule has 4 nitrogen and oxygen atoms in total. The summed E-state index contributed by atoms with van der Waals surface area (Å²) in [5.41, 5.74) is -2.71. The van der Waals surface area contributed by atoms with Gasteiger partial charge in [0.25, 0.3) is 0 Å². The molecule has 0 saturated heterocycles. The first-order chi connectivity index (χ1) is 9.99. The summed E-state index contributed by atoms with van der Waals surface area (Å²) in [4.78, 5) is 14.6.